The highest BCUT2D eigenvalue weighted by Gasteiger charge is 2.47. The molecule has 2 nitrogen and oxygen atoms in total. The number of imidazole rings is 1. The van der Waals surface area contributed by atoms with Gasteiger partial charge in [-0.2, -0.15) is 0 Å². The van der Waals surface area contributed by atoms with Gasteiger partial charge in [-0.25, -0.2) is 0 Å². The van der Waals surface area contributed by atoms with Crippen LogP contribution in [0.1, 0.15) is 0 Å². The van der Waals surface area contributed by atoms with Gasteiger partial charge in [0.2, 0.25) is 0 Å². The van der Waals surface area contributed by atoms with Crippen LogP contribution in [-0.2, 0) is 0 Å². The third kappa shape index (κ3) is 4.67. The molecule has 0 aliphatic rings. The maximum absolute atomic E-state index is 5.09. The summed E-state index contributed by atoms with van der Waals surface area (Å²) < 4.78 is 0. The molecule has 0 saturated carbocycles. The Kier molecular flexibility index (Phi) is 7.06. The van der Waals surface area contributed by atoms with Gasteiger partial charge in [0, 0.05) is 0 Å². The standard InChI is InChI=1S/C39H29N2P/c1-6-16-30(17-7-1)37-38(31-18-8-2-9-19-31)41-39(40-37)32-26-28-36(29-27-32)42(33-20-10-3-11-21-33,34-22-12-4-13-23-34)35-24-14-5-15-25-35/h1-29H. The van der Waals surface area contributed by atoms with Crippen molar-refractivity contribution in [2.45, 2.75) is 0 Å². The first-order chi connectivity index (χ1) is 20.8. The van der Waals surface area contributed by atoms with E-state index in [1.807, 2.05) is 36.4 Å². The fourth-order valence-corrected chi connectivity index (χ4v) is 9.99. The minimum atomic E-state index is -2.16. The second-order valence-electron chi connectivity index (χ2n) is 10.2. The summed E-state index contributed by atoms with van der Waals surface area (Å²) in [5.41, 5.74) is 4.94. The summed E-state index contributed by atoms with van der Waals surface area (Å²) in [6, 6.07) is 62.5. The molecule has 0 N–H and O–H groups in total. The summed E-state index contributed by atoms with van der Waals surface area (Å²) in [5.74, 6) is 0.738. The van der Waals surface area contributed by atoms with Gasteiger partial charge >= 0.3 is 0 Å². The van der Waals surface area contributed by atoms with E-state index in [2.05, 4.69) is 140 Å². The average Bonchev–Trinajstić information content (AvgIpc) is 3.54. The van der Waals surface area contributed by atoms with Crippen molar-refractivity contribution < 1.29 is 0 Å². The van der Waals surface area contributed by atoms with E-state index in [0.717, 1.165) is 33.9 Å². The topological polar surface area (TPSA) is 27.0 Å². The molecule has 0 unspecified atom stereocenters. The van der Waals surface area contributed by atoms with Crippen molar-refractivity contribution in [1.82, 2.24) is 9.97 Å². The number of nitrogens with zero attached hydrogens (tertiary/aromatic N) is 2. The predicted octanol–water partition coefficient (Wildman–Crippen LogP) is 7.66. The normalized spacial score (nSPS) is 11.3. The maximum atomic E-state index is 5.09. The van der Waals surface area contributed by atoms with Gasteiger partial charge in [0.1, 0.15) is 28.5 Å². The summed E-state index contributed by atoms with van der Waals surface area (Å²) >= 11 is 0. The molecule has 3 heteroatoms. The molecular formula is C39H29N2P. The van der Waals surface area contributed by atoms with Crippen LogP contribution in [0.25, 0.3) is 33.9 Å². The number of hydrogen-bond donors (Lipinski definition) is 0. The Labute approximate surface area is 247 Å². The number of hydrogen-bond acceptors (Lipinski definition) is 1. The Morgan fingerprint density at radius 3 is 1.19 bits per heavy atom. The molecule has 200 valence electrons. The molecule has 6 aromatic carbocycles. The first-order valence-corrected chi connectivity index (χ1v) is 16.0. The maximum Gasteiger partial charge on any atom is 0.144 e. The van der Waals surface area contributed by atoms with Crippen molar-refractivity contribution >= 4 is 28.5 Å². The van der Waals surface area contributed by atoms with Crippen molar-refractivity contribution in [3.63, 3.8) is 0 Å². The third-order valence-corrected chi connectivity index (χ3v) is 12.0. The largest absolute Gasteiger partial charge is 0.435 e. The van der Waals surface area contributed by atoms with Crippen LogP contribution in [0.2, 0.25) is 0 Å². The van der Waals surface area contributed by atoms with Gasteiger partial charge < -0.3 is 9.97 Å². The Morgan fingerprint density at radius 2 is 0.738 bits per heavy atom. The lowest BCUT2D eigenvalue weighted by Gasteiger charge is -2.27. The van der Waals surface area contributed by atoms with Gasteiger partial charge in [0.25, 0.3) is 0 Å². The Bertz CT molecular complexity index is 1730. The van der Waals surface area contributed by atoms with Crippen molar-refractivity contribution in [3.05, 3.63) is 176 Å². The molecule has 7 aromatic rings. The summed E-state index contributed by atoms with van der Waals surface area (Å²) in [4.78, 5) is 10.2. The Morgan fingerprint density at radius 1 is 0.357 bits per heavy atom. The SMILES string of the molecule is c1ccc(-c2nc(-c3ccc([P+](c4ccccc4)(c4ccccc4)c4ccccc4)cc3)[n-]c2-c2ccccc2)cc1. The predicted molar refractivity (Wildman–Crippen MR) is 179 cm³/mol. The molecule has 0 bridgehead atoms. The zero-order chi connectivity index (χ0) is 28.2. The van der Waals surface area contributed by atoms with E-state index in [4.69, 9.17) is 9.97 Å². The van der Waals surface area contributed by atoms with Crippen LogP contribution >= 0.6 is 7.26 Å². The molecule has 0 spiro atoms. The Hall–Kier alpha value is -5.04. The van der Waals surface area contributed by atoms with Crippen LogP contribution in [0.15, 0.2) is 176 Å². The molecule has 42 heavy (non-hydrogen) atoms. The van der Waals surface area contributed by atoms with Crippen molar-refractivity contribution in [2.75, 3.05) is 0 Å². The van der Waals surface area contributed by atoms with Crippen LogP contribution in [0.4, 0.5) is 0 Å². The second kappa shape index (κ2) is 11.4. The lowest BCUT2D eigenvalue weighted by molar-refractivity contribution is 1.29. The van der Waals surface area contributed by atoms with Crippen LogP contribution in [-0.4, -0.2) is 4.98 Å². The molecule has 0 saturated heterocycles. The van der Waals surface area contributed by atoms with Crippen molar-refractivity contribution in [1.29, 1.82) is 0 Å². The molecule has 1 heterocycles. The third-order valence-electron chi connectivity index (χ3n) is 7.70. The summed E-state index contributed by atoms with van der Waals surface area (Å²) in [6.45, 7) is 0. The van der Waals surface area contributed by atoms with Crippen LogP contribution < -0.4 is 26.2 Å². The van der Waals surface area contributed by atoms with E-state index in [9.17, 15) is 0 Å². The molecule has 0 fully saturated rings. The first-order valence-electron chi connectivity index (χ1n) is 14.2. The minimum absolute atomic E-state index is 0.738. The number of benzene rings is 6. The van der Waals surface area contributed by atoms with Gasteiger partial charge in [-0.3, -0.25) is 0 Å². The monoisotopic (exact) mass is 556 g/mol. The Balaban J connectivity index is 1.40. The lowest BCUT2D eigenvalue weighted by Crippen LogP contribution is -2.38. The van der Waals surface area contributed by atoms with E-state index in [-0.39, 0.29) is 0 Å². The fourth-order valence-electron chi connectivity index (χ4n) is 5.75. The van der Waals surface area contributed by atoms with Gasteiger partial charge in [0.05, 0.1) is 0 Å². The minimum Gasteiger partial charge on any atom is -0.435 e. The molecule has 7 rings (SSSR count). The first kappa shape index (κ1) is 25.9. The highest BCUT2D eigenvalue weighted by atomic mass is 31.2. The van der Waals surface area contributed by atoms with Crippen LogP contribution in [0.3, 0.4) is 0 Å². The molecule has 0 atom stereocenters. The molecule has 0 amide bonds. The number of aromatic nitrogens is 2. The van der Waals surface area contributed by atoms with E-state index in [0.29, 0.717) is 0 Å². The highest BCUT2D eigenvalue weighted by molar-refractivity contribution is 8.01. The van der Waals surface area contributed by atoms with Gasteiger partial charge in [-0.05, 0) is 76.6 Å². The summed E-state index contributed by atoms with van der Waals surface area (Å²) in [7, 11) is -2.16. The highest BCUT2D eigenvalue weighted by Crippen LogP contribution is 2.54. The molecule has 0 radical (unpaired) electrons. The van der Waals surface area contributed by atoms with Gasteiger partial charge in [-0.15, -0.1) is 0 Å². The zero-order valence-corrected chi connectivity index (χ0v) is 24.0. The smallest absolute Gasteiger partial charge is 0.144 e. The number of rotatable bonds is 7. The molecule has 0 aliphatic carbocycles. The van der Waals surface area contributed by atoms with E-state index < -0.39 is 7.26 Å². The zero-order valence-electron chi connectivity index (χ0n) is 23.1. The molecular weight excluding hydrogens is 527 g/mol. The van der Waals surface area contributed by atoms with Crippen LogP contribution in [0.5, 0.6) is 0 Å². The lowest BCUT2D eigenvalue weighted by atomic mass is 10.1. The van der Waals surface area contributed by atoms with E-state index >= 15 is 0 Å². The second-order valence-corrected chi connectivity index (χ2v) is 13.6. The van der Waals surface area contributed by atoms with Crippen molar-refractivity contribution in [3.8, 4) is 33.9 Å². The quantitative estimate of drug-likeness (QED) is 0.189. The fraction of sp³-hybridized carbons (Fsp3) is 0. The van der Waals surface area contributed by atoms with Gasteiger partial charge in [0.15, 0.2) is 0 Å². The van der Waals surface area contributed by atoms with Crippen molar-refractivity contribution in [2.24, 2.45) is 0 Å². The summed E-state index contributed by atoms with van der Waals surface area (Å²) in [6.07, 6.45) is 0. The average molecular weight is 557 g/mol. The van der Waals surface area contributed by atoms with Gasteiger partial charge in [-0.1, -0.05) is 133 Å². The summed E-state index contributed by atoms with van der Waals surface area (Å²) in [5, 5.41) is 5.29. The van der Waals surface area contributed by atoms with E-state index in [1.165, 1.54) is 21.2 Å². The van der Waals surface area contributed by atoms with E-state index in [1.54, 1.807) is 0 Å². The molecule has 1 aromatic heterocycles. The van der Waals surface area contributed by atoms with Crippen LogP contribution in [0, 0.1) is 0 Å². The molecule has 0 aliphatic heterocycles.